The monoisotopic (exact) mass is 418 g/mol. The third kappa shape index (κ3) is 4.12. The lowest BCUT2D eigenvalue weighted by Crippen LogP contribution is -2.14. The van der Waals surface area contributed by atoms with E-state index in [0.717, 1.165) is 26.5 Å². The Kier molecular flexibility index (Phi) is 5.39. The van der Waals surface area contributed by atoms with Crippen molar-refractivity contribution in [3.8, 4) is 11.5 Å². The van der Waals surface area contributed by atoms with Crippen molar-refractivity contribution < 1.29 is 9.84 Å². The smallest absolute Gasteiger partial charge is 0.184 e. The van der Waals surface area contributed by atoms with Crippen LogP contribution in [0, 0.1) is 0 Å². The summed E-state index contributed by atoms with van der Waals surface area (Å²) in [5, 5.41) is 15.0. The number of phenols is 1. The van der Waals surface area contributed by atoms with Crippen LogP contribution in [0.15, 0.2) is 66.7 Å². The van der Waals surface area contributed by atoms with Gasteiger partial charge in [0.05, 0.1) is 23.4 Å². The third-order valence-corrected chi connectivity index (χ3v) is 6.19. The lowest BCUT2D eigenvalue weighted by molar-refractivity contribution is 0.410. The van der Waals surface area contributed by atoms with Gasteiger partial charge in [0.1, 0.15) is 11.5 Å². The van der Waals surface area contributed by atoms with Gasteiger partial charge in [0.15, 0.2) is 5.13 Å². The maximum absolute atomic E-state index is 10.7. The highest BCUT2D eigenvalue weighted by molar-refractivity contribution is 7.22. The van der Waals surface area contributed by atoms with Crippen molar-refractivity contribution in [3.05, 3.63) is 83.4 Å². The summed E-state index contributed by atoms with van der Waals surface area (Å²) in [6.07, 6.45) is 0. The number of para-hydroxylation sites is 1. The Morgan fingerprint density at radius 3 is 2.40 bits per heavy atom. The first kappa shape index (κ1) is 20.2. The molecule has 0 aliphatic rings. The Labute approximate surface area is 181 Å². The molecule has 1 unspecified atom stereocenters. The molecule has 4 rings (SSSR count). The Morgan fingerprint density at radius 2 is 1.73 bits per heavy atom. The normalized spacial score (nSPS) is 12.7. The summed E-state index contributed by atoms with van der Waals surface area (Å²) in [7, 11) is 1.63. The lowest BCUT2D eigenvalue weighted by atomic mass is 9.85. The molecule has 0 aliphatic heterocycles. The predicted molar refractivity (Wildman–Crippen MR) is 125 cm³/mol. The summed E-state index contributed by atoms with van der Waals surface area (Å²) in [6.45, 7) is 6.60. The third-order valence-electron chi connectivity index (χ3n) is 5.22. The van der Waals surface area contributed by atoms with Crippen LogP contribution in [0.1, 0.15) is 43.5 Å². The number of thiazole rings is 1. The van der Waals surface area contributed by atoms with E-state index in [1.165, 1.54) is 5.56 Å². The van der Waals surface area contributed by atoms with E-state index in [4.69, 9.17) is 9.72 Å². The molecule has 1 heterocycles. The number of methoxy groups -OCH3 is 1. The van der Waals surface area contributed by atoms with E-state index in [1.54, 1.807) is 30.6 Å². The average molecular weight is 419 g/mol. The maximum atomic E-state index is 10.7. The quantitative estimate of drug-likeness (QED) is 0.388. The topological polar surface area (TPSA) is 54.4 Å². The van der Waals surface area contributed by atoms with Crippen LogP contribution >= 0.6 is 11.3 Å². The molecular formula is C25H26N2O2S. The number of rotatable bonds is 5. The van der Waals surface area contributed by atoms with E-state index in [-0.39, 0.29) is 17.2 Å². The van der Waals surface area contributed by atoms with E-state index in [2.05, 4.69) is 56.4 Å². The number of ether oxygens (including phenoxy) is 1. The summed E-state index contributed by atoms with van der Waals surface area (Å²) < 4.78 is 6.53. The SMILES string of the molecule is COc1ccc(O)c(C(Nc2nc3ccccc3s2)c2ccc(C(C)(C)C)cc2)c1. The molecule has 1 aromatic heterocycles. The Balaban J connectivity index is 1.78. The van der Waals surface area contributed by atoms with Crippen LogP contribution in [0.3, 0.4) is 0 Å². The Morgan fingerprint density at radius 1 is 1.00 bits per heavy atom. The molecule has 0 radical (unpaired) electrons. The zero-order valence-corrected chi connectivity index (χ0v) is 18.5. The molecule has 4 aromatic rings. The average Bonchev–Trinajstić information content (AvgIpc) is 3.15. The fourth-order valence-electron chi connectivity index (χ4n) is 3.46. The van der Waals surface area contributed by atoms with Gasteiger partial charge in [-0.1, -0.05) is 68.5 Å². The zero-order valence-electron chi connectivity index (χ0n) is 17.6. The largest absolute Gasteiger partial charge is 0.508 e. The number of nitrogens with zero attached hydrogens (tertiary/aromatic N) is 1. The summed E-state index contributed by atoms with van der Waals surface area (Å²) in [6, 6.07) is 21.6. The number of benzene rings is 3. The van der Waals surface area contributed by atoms with E-state index >= 15 is 0 Å². The second-order valence-corrected chi connectivity index (χ2v) is 9.39. The van der Waals surface area contributed by atoms with Gasteiger partial charge in [-0.2, -0.15) is 0 Å². The maximum Gasteiger partial charge on any atom is 0.184 e. The van der Waals surface area contributed by atoms with E-state index in [1.807, 2.05) is 24.3 Å². The van der Waals surface area contributed by atoms with Crippen molar-refractivity contribution in [1.29, 1.82) is 0 Å². The van der Waals surface area contributed by atoms with Gasteiger partial charge in [-0.05, 0) is 46.9 Å². The van der Waals surface area contributed by atoms with Gasteiger partial charge < -0.3 is 15.2 Å². The number of aromatic hydroxyl groups is 1. The standard InChI is InChI=1S/C25H26N2O2S/c1-25(2,3)17-11-9-16(10-12-17)23(19-15-18(29-4)13-14-21(19)28)27-24-26-20-7-5-6-8-22(20)30-24/h5-15,23,28H,1-4H3,(H,26,27). The molecular weight excluding hydrogens is 392 g/mol. The highest BCUT2D eigenvalue weighted by Crippen LogP contribution is 2.37. The number of hydrogen-bond donors (Lipinski definition) is 2. The highest BCUT2D eigenvalue weighted by Gasteiger charge is 2.21. The zero-order chi connectivity index (χ0) is 21.3. The molecule has 0 bridgehead atoms. The summed E-state index contributed by atoms with van der Waals surface area (Å²) in [4.78, 5) is 4.73. The molecule has 0 amide bonds. The molecule has 1 atom stereocenters. The van der Waals surface area contributed by atoms with E-state index < -0.39 is 0 Å². The summed E-state index contributed by atoms with van der Waals surface area (Å²) in [5.74, 6) is 0.916. The fourth-order valence-corrected chi connectivity index (χ4v) is 4.36. The van der Waals surface area contributed by atoms with Gasteiger partial charge in [-0.15, -0.1) is 0 Å². The first-order chi connectivity index (χ1) is 14.3. The van der Waals surface area contributed by atoms with Gasteiger partial charge in [0.25, 0.3) is 0 Å². The highest BCUT2D eigenvalue weighted by atomic mass is 32.1. The van der Waals surface area contributed by atoms with Gasteiger partial charge in [0, 0.05) is 5.56 Å². The summed E-state index contributed by atoms with van der Waals surface area (Å²) in [5.41, 5.74) is 4.09. The van der Waals surface area contributed by atoms with Crippen molar-refractivity contribution in [2.45, 2.75) is 32.2 Å². The van der Waals surface area contributed by atoms with Crippen LogP contribution in [-0.2, 0) is 5.41 Å². The molecule has 4 nitrogen and oxygen atoms in total. The Hall–Kier alpha value is -3.05. The van der Waals surface area contributed by atoms with Gasteiger partial charge in [-0.3, -0.25) is 0 Å². The van der Waals surface area contributed by atoms with Crippen LogP contribution in [-0.4, -0.2) is 17.2 Å². The number of nitrogens with one attached hydrogen (secondary N) is 1. The van der Waals surface area contributed by atoms with Gasteiger partial charge in [0.2, 0.25) is 0 Å². The first-order valence-corrected chi connectivity index (χ1v) is 10.8. The van der Waals surface area contributed by atoms with Crippen molar-refractivity contribution in [3.63, 3.8) is 0 Å². The number of hydrogen-bond acceptors (Lipinski definition) is 5. The van der Waals surface area contributed by atoms with Crippen molar-refractivity contribution in [2.75, 3.05) is 12.4 Å². The number of aromatic nitrogens is 1. The van der Waals surface area contributed by atoms with Crippen LogP contribution in [0.2, 0.25) is 0 Å². The molecule has 0 aliphatic carbocycles. The second-order valence-electron chi connectivity index (χ2n) is 8.36. The Bertz CT molecular complexity index is 1130. The fraction of sp³-hybridized carbons (Fsp3) is 0.240. The molecule has 154 valence electrons. The molecule has 0 spiro atoms. The molecule has 0 saturated heterocycles. The number of phenolic OH excluding ortho intramolecular Hbond substituents is 1. The molecule has 3 aromatic carbocycles. The minimum atomic E-state index is -0.269. The molecule has 2 N–H and O–H groups in total. The predicted octanol–water partition coefficient (Wildman–Crippen LogP) is 6.51. The van der Waals surface area contributed by atoms with Crippen molar-refractivity contribution in [1.82, 2.24) is 4.98 Å². The second kappa shape index (κ2) is 8.00. The summed E-state index contributed by atoms with van der Waals surface area (Å²) >= 11 is 1.60. The van der Waals surface area contributed by atoms with Gasteiger partial charge in [-0.25, -0.2) is 4.98 Å². The minimum Gasteiger partial charge on any atom is -0.508 e. The number of fused-ring (bicyclic) bond motifs is 1. The van der Waals surface area contributed by atoms with E-state index in [9.17, 15) is 5.11 Å². The molecule has 5 heteroatoms. The van der Waals surface area contributed by atoms with Crippen LogP contribution in [0.5, 0.6) is 11.5 Å². The minimum absolute atomic E-state index is 0.0760. The van der Waals surface area contributed by atoms with Crippen LogP contribution < -0.4 is 10.1 Å². The van der Waals surface area contributed by atoms with Gasteiger partial charge >= 0.3 is 0 Å². The van der Waals surface area contributed by atoms with Crippen molar-refractivity contribution >= 4 is 26.7 Å². The van der Waals surface area contributed by atoms with Crippen LogP contribution in [0.25, 0.3) is 10.2 Å². The van der Waals surface area contributed by atoms with Crippen molar-refractivity contribution in [2.24, 2.45) is 0 Å². The first-order valence-electron chi connectivity index (χ1n) is 9.94. The molecule has 30 heavy (non-hydrogen) atoms. The lowest BCUT2D eigenvalue weighted by Gasteiger charge is -2.23. The van der Waals surface area contributed by atoms with Crippen LogP contribution in [0.4, 0.5) is 5.13 Å². The van der Waals surface area contributed by atoms with E-state index in [0.29, 0.717) is 5.75 Å². The molecule has 0 fully saturated rings. The number of anilines is 1. The molecule has 0 saturated carbocycles.